The molecule has 2 aromatic rings. The molecule has 0 aliphatic heterocycles. The number of carbonyl (C=O) groups is 1. The summed E-state index contributed by atoms with van der Waals surface area (Å²) in [5, 5.41) is 0. The highest BCUT2D eigenvalue weighted by Crippen LogP contribution is 2.30. The van der Waals surface area contributed by atoms with E-state index < -0.39 is 0 Å². The van der Waals surface area contributed by atoms with Gasteiger partial charge in [-0.25, -0.2) is 0 Å². The van der Waals surface area contributed by atoms with Gasteiger partial charge in [-0.2, -0.15) is 0 Å². The third kappa shape index (κ3) is 5.14. The number of amides is 1. The number of anilines is 1. The molecular formula is C20H26N2O3. The summed E-state index contributed by atoms with van der Waals surface area (Å²) in [7, 11) is 1.62. The van der Waals surface area contributed by atoms with Crippen LogP contribution in [0.2, 0.25) is 0 Å². The molecule has 5 heteroatoms. The van der Waals surface area contributed by atoms with Crippen LogP contribution in [0.4, 0.5) is 5.69 Å². The first-order chi connectivity index (χ1) is 12.1. The quantitative estimate of drug-likeness (QED) is 0.740. The first-order valence-electron chi connectivity index (χ1n) is 8.55. The van der Waals surface area contributed by atoms with E-state index in [2.05, 4.69) is 0 Å². The second kappa shape index (κ2) is 8.97. The second-order valence-corrected chi connectivity index (χ2v) is 5.72. The molecule has 0 fully saturated rings. The maximum absolute atomic E-state index is 12.1. The number of benzene rings is 2. The molecule has 5 nitrogen and oxygen atoms in total. The molecule has 134 valence electrons. The summed E-state index contributed by atoms with van der Waals surface area (Å²) in [5.41, 5.74) is 7.61. The van der Waals surface area contributed by atoms with Crippen molar-refractivity contribution in [1.82, 2.24) is 4.90 Å². The van der Waals surface area contributed by atoms with Gasteiger partial charge in [0.25, 0.3) is 0 Å². The standard InChI is InChI=1S/C20H26N2O3/c1-4-22(5-2)20(23)13-7-15-6-12-18(21)19(14-15)25-17-10-8-16(24-3)9-11-17/h6,8-12,14H,4-5,7,13,21H2,1-3H3. The topological polar surface area (TPSA) is 64.8 Å². The van der Waals surface area contributed by atoms with E-state index >= 15 is 0 Å². The van der Waals surface area contributed by atoms with Gasteiger partial charge < -0.3 is 20.1 Å². The molecule has 2 rings (SSSR count). The molecule has 2 aromatic carbocycles. The van der Waals surface area contributed by atoms with Crippen molar-refractivity contribution in [3.8, 4) is 17.2 Å². The highest BCUT2D eigenvalue weighted by Gasteiger charge is 2.11. The Hall–Kier alpha value is -2.69. The Balaban J connectivity index is 2.05. The van der Waals surface area contributed by atoms with E-state index in [1.807, 2.05) is 61.2 Å². The number of nitrogens with zero attached hydrogens (tertiary/aromatic N) is 1. The van der Waals surface area contributed by atoms with Gasteiger partial charge in [0.15, 0.2) is 5.75 Å². The number of aryl methyl sites for hydroxylation is 1. The fourth-order valence-electron chi connectivity index (χ4n) is 2.58. The van der Waals surface area contributed by atoms with Crippen LogP contribution in [-0.4, -0.2) is 31.0 Å². The van der Waals surface area contributed by atoms with Crippen molar-refractivity contribution in [3.63, 3.8) is 0 Å². The first-order valence-corrected chi connectivity index (χ1v) is 8.55. The molecule has 0 heterocycles. The molecule has 0 unspecified atom stereocenters. The predicted octanol–water partition coefficient (Wildman–Crippen LogP) is 3.87. The van der Waals surface area contributed by atoms with Crippen LogP contribution in [0, 0.1) is 0 Å². The number of rotatable bonds is 8. The number of carbonyl (C=O) groups excluding carboxylic acids is 1. The van der Waals surface area contributed by atoms with Crippen LogP contribution in [-0.2, 0) is 11.2 Å². The summed E-state index contributed by atoms with van der Waals surface area (Å²) in [6, 6.07) is 13.0. The molecule has 0 saturated heterocycles. The summed E-state index contributed by atoms with van der Waals surface area (Å²) in [5.74, 6) is 2.21. The lowest BCUT2D eigenvalue weighted by Gasteiger charge is -2.18. The zero-order valence-electron chi connectivity index (χ0n) is 15.1. The normalized spacial score (nSPS) is 10.4. The molecule has 0 aliphatic carbocycles. The van der Waals surface area contributed by atoms with Gasteiger partial charge >= 0.3 is 0 Å². The zero-order valence-corrected chi connectivity index (χ0v) is 15.1. The van der Waals surface area contributed by atoms with Crippen LogP contribution >= 0.6 is 0 Å². The van der Waals surface area contributed by atoms with Crippen molar-refractivity contribution in [1.29, 1.82) is 0 Å². The maximum Gasteiger partial charge on any atom is 0.222 e. The SMILES string of the molecule is CCN(CC)C(=O)CCc1ccc(N)c(Oc2ccc(OC)cc2)c1. The van der Waals surface area contributed by atoms with Crippen molar-refractivity contribution < 1.29 is 14.3 Å². The van der Waals surface area contributed by atoms with Crippen molar-refractivity contribution in [2.45, 2.75) is 26.7 Å². The lowest BCUT2D eigenvalue weighted by atomic mass is 10.1. The van der Waals surface area contributed by atoms with Crippen molar-refractivity contribution in [3.05, 3.63) is 48.0 Å². The minimum atomic E-state index is 0.166. The molecule has 1 amide bonds. The monoisotopic (exact) mass is 342 g/mol. The van der Waals surface area contributed by atoms with Gasteiger partial charge in [-0.05, 0) is 62.2 Å². The first kappa shape index (κ1) is 18.6. The molecule has 0 spiro atoms. The van der Waals surface area contributed by atoms with E-state index in [4.69, 9.17) is 15.2 Å². The number of ether oxygens (including phenoxy) is 2. The third-order valence-corrected chi connectivity index (χ3v) is 4.11. The van der Waals surface area contributed by atoms with Gasteiger partial charge in [0.2, 0.25) is 5.91 Å². The molecular weight excluding hydrogens is 316 g/mol. The van der Waals surface area contributed by atoms with Gasteiger partial charge in [0.05, 0.1) is 12.8 Å². The van der Waals surface area contributed by atoms with Crippen LogP contribution in [0.15, 0.2) is 42.5 Å². The molecule has 0 radical (unpaired) electrons. The molecule has 25 heavy (non-hydrogen) atoms. The fourth-order valence-corrected chi connectivity index (χ4v) is 2.58. The summed E-state index contributed by atoms with van der Waals surface area (Å²) < 4.78 is 11.0. The van der Waals surface area contributed by atoms with Gasteiger partial charge in [0.1, 0.15) is 11.5 Å². The smallest absolute Gasteiger partial charge is 0.222 e. The minimum Gasteiger partial charge on any atom is -0.497 e. The van der Waals surface area contributed by atoms with Crippen molar-refractivity contribution in [2.24, 2.45) is 0 Å². The van der Waals surface area contributed by atoms with Gasteiger partial charge in [-0.15, -0.1) is 0 Å². The van der Waals surface area contributed by atoms with Crippen molar-refractivity contribution in [2.75, 3.05) is 25.9 Å². The lowest BCUT2D eigenvalue weighted by Crippen LogP contribution is -2.30. The van der Waals surface area contributed by atoms with Gasteiger partial charge in [0, 0.05) is 19.5 Å². The molecule has 0 aliphatic rings. The van der Waals surface area contributed by atoms with Crippen molar-refractivity contribution >= 4 is 11.6 Å². The molecule has 0 aromatic heterocycles. The minimum absolute atomic E-state index is 0.166. The zero-order chi connectivity index (χ0) is 18.2. The van der Waals surface area contributed by atoms with E-state index in [1.165, 1.54) is 0 Å². The summed E-state index contributed by atoms with van der Waals surface area (Å²) in [6.45, 7) is 5.46. The number of nitrogens with two attached hydrogens (primary N) is 1. The van der Waals surface area contributed by atoms with E-state index in [0.29, 0.717) is 30.0 Å². The van der Waals surface area contributed by atoms with Crippen LogP contribution < -0.4 is 15.2 Å². The molecule has 0 atom stereocenters. The molecule has 0 bridgehead atoms. The summed E-state index contributed by atoms with van der Waals surface area (Å²) in [6.07, 6.45) is 1.14. The Morgan fingerprint density at radius 2 is 1.68 bits per heavy atom. The Morgan fingerprint density at radius 1 is 1.04 bits per heavy atom. The Kier molecular flexibility index (Phi) is 6.69. The number of nitrogen functional groups attached to an aromatic ring is 1. The van der Waals surface area contributed by atoms with E-state index in [1.54, 1.807) is 7.11 Å². The maximum atomic E-state index is 12.1. The van der Waals surface area contributed by atoms with E-state index in [-0.39, 0.29) is 5.91 Å². The Morgan fingerprint density at radius 3 is 2.28 bits per heavy atom. The second-order valence-electron chi connectivity index (χ2n) is 5.72. The number of hydrogen-bond acceptors (Lipinski definition) is 4. The number of hydrogen-bond donors (Lipinski definition) is 1. The Bertz CT molecular complexity index is 695. The summed E-state index contributed by atoms with van der Waals surface area (Å²) >= 11 is 0. The van der Waals surface area contributed by atoms with Crippen LogP contribution in [0.5, 0.6) is 17.2 Å². The average Bonchev–Trinajstić information content (AvgIpc) is 2.64. The predicted molar refractivity (Wildman–Crippen MR) is 100 cm³/mol. The molecule has 2 N–H and O–H groups in total. The number of methoxy groups -OCH3 is 1. The largest absolute Gasteiger partial charge is 0.497 e. The highest BCUT2D eigenvalue weighted by molar-refractivity contribution is 5.76. The lowest BCUT2D eigenvalue weighted by molar-refractivity contribution is -0.130. The average molecular weight is 342 g/mol. The van der Waals surface area contributed by atoms with E-state index in [9.17, 15) is 4.79 Å². The van der Waals surface area contributed by atoms with E-state index in [0.717, 1.165) is 24.4 Å². The van der Waals surface area contributed by atoms with Gasteiger partial charge in [-0.1, -0.05) is 6.07 Å². The third-order valence-electron chi connectivity index (χ3n) is 4.11. The van der Waals surface area contributed by atoms with Gasteiger partial charge in [-0.3, -0.25) is 4.79 Å². The molecule has 0 saturated carbocycles. The fraction of sp³-hybridized carbons (Fsp3) is 0.350. The van der Waals surface area contributed by atoms with Crippen LogP contribution in [0.25, 0.3) is 0 Å². The van der Waals surface area contributed by atoms with Crippen LogP contribution in [0.1, 0.15) is 25.8 Å². The van der Waals surface area contributed by atoms with Crippen LogP contribution in [0.3, 0.4) is 0 Å². The highest BCUT2D eigenvalue weighted by atomic mass is 16.5. The Labute approximate surface area is 149 Å². The summed E-state index contributed by atoms with van der Waals surface area (Å²) in [4.78, 5) is 14.0.